The molecule has 2 rings (SSSR count). The van der Waals surface area contributed by atoms with Gasteiger partial charge >= 0.3 is 0 Å². The minimum Gasteiger partial charge on any atom is -0.347 e. The number of aromatic nitrogens is 1. The maximum Gasteiger partial charge on any atom is 0.0950 e. The van der Waals surface area contributed by atoms with Crippen molar-refractivity contribution in [3.05, 3.63) is 36.0 Å². The Labute approximate surface area is 83.0 Å². The van der Waals surface area contributed by atoms with Gasteiger partial charge in [-0.25, -0.2) is 5.90 Å². The lowest BCUT2D eigenvalue weighted by Crippen LogP contribution is -1.98. The van der Waals surface area contributed by atoms with Crippen molar-refractivity contribution in [2.45, 2.75) is 20.1 Å². The van der Waals surface area contributed by atoms with Gasteiger partial charge in [0.2, 0.25) is 0 Å². The molecule has 0 fully saturated rings. The van der Waals surface area contributed by atoms with E-state index < -0.39 is 0 Å². The fraction of sp³-hybridized carbons (Fsp3) is 0.273. The molecule has 14 heavy (non-hydrogen) atoms. The monoisotopic (exact) mass is 190 g/mol. The van der Waals surface area contributed by atoms with Gasteiger partial charge in [-0.3, -0.25) is 4.84 Å². The predicted molar refractivity (Wildman–Crippen MR) is 56.6 cm³/mol. The molecule has 3 nitrogen and oxygen atoms in total. The van der Waals surface area contributed by atoms with Crippen molar-refractivity contribution in [2.24, 2.45) is 5.90 Å². The minimum absolute atomic E-state index is 0.466. The van der Waals surface area contributed by atoms with Crippen LogP contribution in [0.1, 0.15) is 12.5 Å². The maximum absolute atomic E-state index is 5.09. The Morgan fingerprint density at radius 1 is 1.36 bits per heavy atom. The molecule has 0 unspecified atom stereocenters. The number of rotatable bonds is 3. The first-order valence-corrected chi connectivity index (χ1v) is 4.75. The van der Waals surface area contributed by atoms with E-state index in [-0.39, 0.29) is 0 Å². The van der Waals surface area contributed by atoms with Crippen LogP contribution in [0.3, 0.4) is 0 Å². The molecular formula is C11H14N2O. The fourth-order valence-corrected chi connectivity index (χ4v) is 1.79. The summed E-state index contributed by atoms with van der Waals surface area (Å²) < 4.78 is 2.20. The Morgan fingerprint density at radius 3 is 2.86 bits per heavy atom. The molecule has 2 aromatic rings. The molecule has 0 saturated heterocycles. The van der Waals surface area contributed by atoms with Crippen LogP contribution in [0.4, 0.5) is 0 Å². The Bertz CT molecular complexity index is 434. The van der Waals surface area contributed by atoms with E-state index in [9.17, 15) is 0 Å². The summed E-state index contributed by atoms with van der Waals surface area (Å²) in [5.74, 6) is 5.09. The molecule has 0 radical (unpaired) electrons. The Balaban J connectivity index is 2.61. The first-order chi connectivity index (χ1) is 6.86. The highest BCUT2D eigenvalue weighted by Crippen LogP contribution is 2.21. The van der Waals surface area contributed by atoms with Gasteiger partial charge in [0.25, 0.3) is 0 Å². The zero-order valence-corrected chi connectivity index (χ0v) is 8.23. The van der Waals surface area contributed by atoms with Gasteiger partial charge in [-0.05, 0) is 13.0 Å². The molecular weight excluding hydrogens is 176 g/mol. The van der Waals surface area contributed by atoms with E-state index in [0.29, 0.717) is 6.61 Å². The van der Waals surface area contributed by atoms with Gasteiger partial charge in [0.15, 0.2) is 0 Å². The van der Waals surface area contributed by atoms with E-state index in [0.717, 1.165) is 12.1 Å². The lowest BCUT2D eigenvalue weighted by molar-refractivity contribution is 0.125. The topological polar surface area (TPSA) is 40.2 Å². The van der Waals surface area contributed by atoms with Gasteiger partial charge in [0, 0.05) is 29.2 Å². The summed E-state index contributed by atoms with van der Waals surface area (Å²) in [5, 5.41) is 1.22. The second-order valence-electron chi connectivity index (χ2n) is 3.27. The van der Waals surface area contributed by atoms with E-state index in [1.54, 1.807) is 0 Å². The third-order valence-corrected chi connectivity index (χ3v) is 2.45. The molecule has 0 bridgehead atoms. The number of aryl methyl sites for hydroxylation is 1. The summed E-state index contributed by atoms with van der Waals surface area (Å²) >= 11 is 0. The van der Waals surface area contributed by atoms with Gasteiger partial charge in [-0.2, -0.15) is 0 Å². The van der Waals surface area contributed by atoms with Crippen molar-refractivity contribution in [1.29, 1.82) is 0 Å². The van der Waals surface area contributed by atoms with Gasteiger partial charge < -0.3 is 4.57 Å². The highest BCUT2D eigenvalue weighted by molar-refractivity contribution is 5.83. The lowest BCUT2D eigenvalue weighted by Gasteiger charge is -1.98. The van der Waals surface area contributed by atoms with Crippen LogP contribution in [0.2, 0.25) is 0 Å². The maximum atomic E-state index is 5.09. The minimum atomic E-state index is 0.466. The van der Waals surface area contributed by atoms with Crippen molar-refractivity contribution in [3.8, 4) is 0 Å². The first kappa shape index (κ1) is 9.24. The SMILES string of the molecule is CCn1cc(CON)c2ccccc21. The zero-order valence-electron chi connectivity index (χ0n) is 8.23. The van der Waals surface area contributed by atoms with Crippen LogP contribution in [-0.2, 0) is 18.0 Å². The van der Waals surface area contributed by atoms with E-state index in [4.69, 9.17) is 5.90 Å². The summed E-state index contributed by atoms with van der Waals surface area (Å²) in [7, 11) is 0. The van der Waals surface area contributed by atoms with Crippen LogP contribution < -0.4 is 5.90 Å². The number of para-hydroxylation sites is 1. The lowest BCUT2D eigenvalue weighted by atomic mass is 10.2. The van der Waals surface area contributed by atoms with Crippen molar-refractivity contribution >= 4 is 10.9 Å². The predicted octanol–water partition coefficient (Wildman–Crippen LogP) is 2.05. The van der Waals surface area contributed by atoms with Crippen LogP contribution in [0.15, 0.2) is 30.5 Å². The van der Waals surface area contributed by atoms with Crippen molar-refractivity contribution in [3.63, 3.8) is 0 Å². The number of nitrogens with zero attached hydrogens (tertiary/aromatic N) is 1. The van der Waals surface area contributed by atoms with Crippen molar-refractivity contribution in [2.75, 3.05) is 0 Å². The van der Waals surface area contributed by atoms with Gasteiger partial charge in [0.1, 0.15) is 0 Å². The average molecular weight is 190 g/mol. The van der Waals surface area contributed by atoms with E-state index in [2.05, 4.69) is 34.7 Å². The van der Waals surface area contributed by atoms with Crippen molar-refractivity contribution < 1.29 is 4.84 Å². The highest BCUT2D eigenvalue weighted by Gasteiger charge is 2.05. The van der Waals surface area contributed by atoms with Crippen LogP contribution in [0.5, 0.6) is 0 Å². The van der Waals surface area contributed by atoms with Crippen LogP contribution in [-0.4, -0.2) is 4.57 Å². The van der Waals surface area contributed by atoms with E-state index in [1.165, 1.54) is 10.9 Å². The Kier molecular flexibility index (Phi) is 2.52. The number of benzene rings is 1. The standard InChI is InChI=1S/C11H14N2O/c1-2-13-7-9(8-14-12)10-5-3-4-6-11(10)13/h3-7H,2,8,12H2,1H3. The van der Waals surface area contributed by atoms with Gasteiger partial charge in [0.05, 0.1) is 6.61 Å². The second kappa shape index (κ2) is 3.82. The molecule has 1 aromatic carbocycles. The Hall–Kier alpha value is -1.32. The largest absolute Gasteiger partial charge is 0.347 e. The van der Waals surface area contributed by atoms with Crippen LogP contribution >= 0.6 is 0 Å². The van der Waals surface area contributed by atoms with Gasteiger partial charge in [-0.15, -0.1) is 0 Å². The van der Waals surface area contributed by atoms with Crippen molar-refractivity contribution in [1.82, 2.24) is 4.57 Å². The third kappa shape index (κ3) is 1.41. The molecule has 3 heteroatoms. The molecule has 1 aromatic heterocycles. The van der Waals surface area contributed by atoms with E-state index in [1.807, 2.05) is 12.1 Å². The summed E-state index contributed by atoms with van der Waals surface area (Å²) in [6.07, 6.45) is 2.09. The second-order valence-corrected chi connectivity index (χ2v) is 3.27. The molecule has 2 N–H and O–H groups in total. The molecule has 0 aliphatic heterocycles. The smallest absolute Gasteiger partial charge is 0.0950 e. The third-order valence-electron chi connectivity index (χ3n) is 2.45. The number of nitrogens with two attached hydrogens (primary N) is 1. The molecule has 0 saturated carbocycles. The molecule has 1 heterocycles. The van der Waals surface area contributed by atoms with Crippen LogP contribution in [0.25, 0.3) is 10.9 Å². The quantitative estimate of drug-likeness (QED) is 0.752. The van der Waals surface area contributed by atoms with Gasteiger partial charge in [-0.1, -0.05) is 18.2 Å². The summed E-state index contributed by atoms with van der Waals surface area (Å²) in [6.45, 7) is 3.55. The van der Waals surface area contributed by atoms with E-state index >= 15 is 0 Å². The molecule has 0 atom stereocenters. The number of fused-ring (bicyclic) bond motifs is 1. The molecule has 0 amide bonds. The highest BCUT2D eigenvalue weighted by atomic mass is 16.6. The average Bonchev–Trinajstić information content (AvgIpc) is 2.58. The normalized spacial score (nSPS) is 11.0. The summed E-state index contributed by atoms with van der Waals surface area (Å²) in [4.78, 5) is 4.68. The Morgan fingerprint density at radius 2 is 2.14 bits per heavy atom. The summed E-state index contributed by atoms with van der Waals surface area (Å²) in [6, 6.07) is 8.28. The zero-order chi connectivity index (χ0) is 9.97. The number of hydrogen-bond donors (Lipinski definition) is 1. The summed E-state index contributed by atoms with van der Waals surface area (Å²) in [5.41, 5.74) is 2.38. The fourth-order valence-electron chi connectivity index (χ4n) is 1.79. The molecule has 74 valence electrons. The molecule has 0 aliphatic rings. The number of hydrogen-bond acceptors (Lipinski definition) is 2. The van der Waals surface area contributed by atoms with Crippen LogP contribution in [0, 0.1) is 0 Å². The first-order valence-electron chi connectivity index (χ1n) is 4.75. The molecule has 0 spiro atoms. The molecule has 0 aliphatic carbocycles.